The summed E-state index contributed by atoms with van der Waals surface area (Å²) in [5.41, 5.74) is 3.07. The number of nitrogens with zero attached hydrogens (tertiary/aromatic N) is 2. The fourth-order valence-electron chi connectivity index (χ4n) is 3.66. The minimum Gasteiger partial charge on any atom is -0.378 e. The van der Waals surface area contributed by atoms with Crippen molar-refractivity contribution in [1.82, 2.24) is 15.5 Å². The van der Waals surface area contributed by atoms with Gasteiger partial charge in [0.05, 0.1) is 6.54 Å². The van der Waals surface area contributed by atoms with Gasteiger partial charge in [0, 0.05) is 38.8 Å². The van der Waals surface area contributed by atoms with Crippen molar-refractivity contribution in [3.8, 4) is 0 Å². The van der Waals surface area contributed by atoms with Crippen LogP contribution < -0.4 is 15.5 Å². The molecule has 1 aliphatic heterocycles. The van der Waals surface area contributed by atoms with Gasteiger partial charge in [0.2, 0.25) is 11.8 Å². The lowest BCUT2D eigenvalue weighted by molar-refractivity contribution is -0.127. The molecule has 0 bridgehead atoms. The van der Waals surface area contributed by atoms with E-state index in [2.05, 4.69) is 15.5 Å². The van der Waals surface area contributed by atoms with Crippen molar-refractivity contribution in [3.63, 3.8) is 0 Å². The third-order valence-electron chi connectivity index (χ3n) is 5.65. The number of piperidine rings is 1. The maximum Gasteiger partial charge on any atom is 0.234 e. The molecule has 31 heavy (non-hydrogen) atoms. The number of halogens is 1. The van der Waals surface area contributed by atoms with Gasteiger partial charge in [-0.1, -0.05) is 24.3 Å². The molecule has 0 atom stereocenters. The van der Waals surface area contributed by atoms with Crippen LogP contribution in [0.1, 0.15) is 24.0 Å². The van der Waals surface area contributed by atoms with Crippen molar-refractivity contribution in [1.29, 1.82) is 0 Å². The van der Waals surface area contributed by atoms with Crippen LogP contribution in [0.15, 0.2) is 48.5 Å². The van der Waals surface area contributed by atoms with Crippen LogP contribution in [0.4, 0.5) is 10.1 Å². The summed E-state index contributed by atoms with van der Waals surface area (Å²) < 4.78 is 13.0. The first-order chi connectivity index (χ1) is 14.9. The monoisotopic (exact) mass is 426 g/mol. The molecular formula is C24H31FN4O2. The first kappa shape index (κ1) is 22.7. The highest BCUT2D eigenvalue weighted by molar-refractivity contribution is 5.79. The van der Waals surface area contributed by atoms with E-state index in [1.807, 2.05) is 43.3 Å². The average Bonchev–Trinajstić information content (AvgIpc) is 2.78. The van der Waals surface area contributed by atoms with Gasteiger partial charge >= 0.3 is 0 Å². The maximum atomic E-state index is 13.0. The fraction of sp³-hybridized carbons (Fsp3) is 0.417. The Morgan fingerprint density at radius 2 is 1.48 bits per heavy atom. The highest BCUT2D eigenvalue weighted by Crippen LogP contribution is 2.17. The Labute approximate surface area is 183 Å². The Morgan fingerprint density at radius 3 is 2.06 bits per heavy atom. The number of amides is 2. The number of carbonyl (C=O) groups is 2. The Hall–Kier alpha value is -2.93. The number of anilines is 1. The van der Waals surface area contributed by atoms with Crippen molar-refractivity contribution in [3.05, 3.63) is 65.5 Å². The molecule has 2 N–H and O–H groups in total. The standard InChI is InChI=1S/C24H31FN4O2/c1-28(2)22-9-5-19(6-10-22)15-26-23(30)17-29-13-11-20(12-14-29)24(31)27-16-18-3-7-21(25)8-4-18/h3-10,20H,11-17H2,1-2H3,(H,26,30)(H,27,31). The predicted molar refractivity (Wildman–Crippen MR) is 120 cm³/mol. The van der Waals surface area contributed by atoms with Crippen molar-refractivity contribution in [2.24, 2.45) is 5.92 Å². The van der Waals surface area contributed by atoms with E-state index in [0.29, 0.717) is 19.6 Å². The second kappa shape index (κ2) is 10.9. The van der Waals surface area contributed by atoms with Crippen LogP contribution in [0.3, 0.4) is 0 Å². The maximum absolute atomic E-state index is 13.0. The molecule has 0 radical (unpaired) electrons. The van der Waals surface area contributed by atoms with Crippen LogP contribution in [0.25, 0.3) is 0 Å². The van der Waals surface area contributed by atoms with E-state index in [1.54, 1.807) is 12.1 Å². The third-order valence-corrected chi connectivity index (χ3v) is 5.65. The topological polar surface area (TPSA) is 64.7 Å². The van der Waals surface area contributed by atoms with Crippen LogP contribution in [-0.2, 0) is 22.7 Å². The van der Waals surface area contributed by atoms with Gasteiger partial charge in [0.25, 0.3) is 0 Å². The van der Waals surface area contributed by atoms with E-state index in [9.17, 15) is 14.0 Å². The van der Waals surface area contributed by atoms with Crippen LogP contribution in [0.5, 0.6) is 0 Å². The molecule has 2 aromatic rings. The van der Waals surface area contributed by atoms with Gasteiger partial charge in [-0.3, -0.25) is 14.5 Å². The van der Waals surface area contributed by atoms with Crippen LogP contribution in [0.2, 0.25) is 0 Å². The van der Waals surface area contributed by atoms with Crippen LogP contribution >= 0.6 is 0 Å². The number of hydrogen-bond acceptors (Lipinski definition) is 4. The molecule has 0 saturated carbocycles. The molecule has 1 saturated heterocycles. The lowest BCUT2D eigenvalue weighted by Gasteiger charge is -2.30. The first-order valence-corrected chi connectivity index (χ1v) is 10.7. The molecule has 2 amide bonds. The largest absolute Gasteiger partial charge is 0.378 e. The first-order valence-electron chi connectivity index (χ1n) is 10.7. The molecule has 0 spiro atoms. The van der Waals surface area contributed by atoms with Crippen molar-refractivity contribution in [2.45, 2.75) is 25.9 Å². The van der Waals surface area contributed by atoms with Gasteiger partial charge < -0.3 is 15.5 Å². The fourth-order valence-corrected chi connectivity index (χ4v) is 3.66. The highest BCUT2D eigenvalue weighted by atomic mass is 19.1. The van der Waals surface area contributed by atoms with Crippen molar-refractivity contribution < 1.29 is 14.0 Å². The zero-order valence-electron chi connectivity index (χ0n) is 18.2. The second-order valence-corrected chi connectivity index (χ2v) is 8.23. The molecular weight excluding hydrogens is 395 g/mol. The molecule has 2 aromatic carbocycles. The molecule has 7 heteroatoms. The number of nitrogens with one attached hydrogen (secondary N) is 2. The molecule has 166 valence electrons. The predicted octanol–water partition coefficient (Wildman–Crippen LogP) is 2.54. The lowest BCUT2D eigenvalue weighted by Crippen LogP contribution is -2.44. The third kappa shape index (κ3) is 7.07. The zero-order chi connectivity index (χ0) is 22.2. The number of benzene rings is 2. The lowest BCUT2D eigenvalue weighted by atomic mass is 9.96. The number of hydrogen-bond donors (Lipinski definition) is 2. The van der Waals surface area contributed by atoms with E-state index < -0.39 is 0 Å². The normalized spacial score (nSPS) is 14.8. The molecule has 0 unspecified atom stereocenters. The SMILES string of the molecule is CN(C)c1ccc(CNC(=O)CN2CCC(C(=O)NCc3ccc(F)cc3)CC2)cc1. The minimum atomic E-state index is -0.284. The summed E-state index contributed by atoms with van der Waals surface area (Å²) in [6.45, 7) is 2.70. The summed E-state index contributed by atoms with van der Waals surface area (Å²) in [5, 5.41) is 5.90. The molecule has 6 nitrogen and oxygen atoms in total. The van der Waals surface area contributed by atoms with Gasteiger partial charge in [-0.25, -0.2) is 4.39 Å². The molecule has 0 aromatic heterocycles. The summed E-state index contributed by atoms with van der Waals surface area (Å²) >= 11 is 0. The summed E-state index contributed by atoms with van der Waals surface area (Å²) in [7, 11) is 3.99. The summed E-state index contributed by atoms with van der Waals surface area (Å²) in [5.74, 6) is -0.311. The number of likely N-dealkylation sites (tertiary alicyclic amines) is 1. The molecule has 1 aliphatic rings. The summed E-state index contributed by atoms with van der Waals surface area (Å²) in [6.07, 6.45) is 1.46. The summed E-state index contributed by atoms with van der Waals surface area (Å²) in [4.78, 5) is 28.8. The Bertz CT molecular complexity index is 860. The van der Waals surface area contributed by atoms with Crippen molar-refractivity contribution >= 4 is 17.5 Å². The average molecular weight is 427 g/mol. The van der Waals surface area contributed by atoms with Gasteiger partial charge in [0.1, 0.15) is 5.82 Å². The van der Waals surface area contributed by atoms with E-state index in [4.69, 9.17) is 0 Å². The molecule has 0 aliphatic carbocycles. The molecule has 1 fully saturated rings. The van der Waals surface area contributed by atoms with Gasteiger partial charge in [0.15, 0.2) is 0 Å². The van der Waals surface area contributed by atoms with Gasteiger partial charge in [-0.05, 0) is 61.3 Å². The smallest absolute Gasteiger partial charge is 0.234 e. The number of rotatable bonds is 8. The van der Waals surface area contributed by atoms with Crippen LogP contribution in [0, 0.1) is 11.7 Å². The highest BCUT2D eigenvalue weighted by Gasteiger charge is 2.25. The Balaban J connectivity index is 1.34. The zero-order valence-corrected chi connectivity index (χ0v) is 18.2. The molecule has 3 rings (SSSR count). The molecule has 1 heterocycles. The second-order valence-electron chi connectivity index (χ2n) is 8.23. The van der Waals surface area contributed by atoms with Crippen molar-refractivity contribution in [2.75, 3.05) is 38.6 Å². The Kier molecular flexibility index (Phi) is 8.00. The van der Waals surface area contributed by atoms with E-state index >= 15 is 0 Å². The van der Waals surface area contributed by atoms with Gasteiger partial charge in [-0.15, -0.1) is 0 Å². The number of carbonyl (C=O) groups excluding carboxylic acids is 2. The Morgan fingerprint density at radius 1 is 0.935 bits per heavy atom. The van der Waals surface area contributed by atoms with Crippen LogP contribution in [-0.4, -0.2) is 50.4 Å². The van der Waals surface area contributed by atoms with E-state index in [1.165, 1.54) is 12.1 Å². The minimum absolute atomic E-state index is 0.00380. The van der Waals surface area contributed by atoms with Gasteiger partial charge in [-0.2, -0.15) is 0 Å². The van der Waals surface area contributed by atoms with E-state index in [-0.39, 0.29) is 23.5 Å². The summed E-state index contributed by atoms with van der Waals surface area (Å²) in [6, 6.07) is 14.2. The quantitative estimate of drug-likeness (QED) is 0.681. The van der Waals surface area contributed by atoms with E-state index in [0.717, 1.165) is 42.7 Å².